The first-order valence-corrected chi connectivity index (χ1v) is 9.00. The summed E-state index contributed by atoms with van der Waals surface area (Å²) in [7, 11) is 4.85. The molecular formula is C20H23N5O4. The van der Waals surface area contributed by atoms with Gasteiger partial charge < -0.3 is 14.8 Å². The Labute approximate surface area is 167 Å². The van der Waals surface area contributed by atoms with Crippen molar-refractivity contribution >= 4 is 5.91 Å². The van der Waals surface area contributed by atoms with Crippen LogP contribution in [0.3, 0.4) is 0 Å². The van der Waals surface area contributed by atoms with Crippen LogP contribution in [0, 0.1) is 6.92 Å². The van der Waals surface area contributed by atoms with Crippen molar-refractivity contribution in [2.75, 3.05) is 20.8 Å². The molecule has 0 atom stereocenters. The second-order valence-electron chi connectivity index (χ2n) is 6.42. The van der Waals surface area contributed by atoms with E-state index in [4.69, 9.17) is 9.47 Å². The molecule has 2 aromatic heterocycles. The lowest BCUT2D eigenvalue weighted by Crippen LogP contribution is -2.31. The van der Waals surface area contributed by atoms with E-state index < -0.39 is 0 Å². The third kappa shape index (κ3) is 4.45. The third-order valence-corrected chi connectivity index (χ3v) is 4.45. The number of amides is 1. The van der Waals surface area contributed by atoms with Crippen LogP contribution in [0.15, 0.2) is 41.5 Å². The maximum atomic E-state index is 12.6. The van der Waals surface area contributed by atoms with Crippen LogP contribution in [0.1, 0.15) is 16.2 Å². The first-order chi connectivity index (χ1) is 13.9. The number of hydrogen-bond donors (Lipinski definition) is 1. The van der Waals surface area contributed by atoms with Crippen molar-refractivity contribution in [3.8, 4) is 22.8 Å². The average Bonchev–Trinajstić information content (AvgIpc) is 3.10. The molecule has 0 unspecified atom stereocenters. The number of carbonyl (C=O) groups is 1. The number of aromatic nitrogens is 4. The second kappa shape index (κ2) is 8.59. The Morgan fingerprint density at radius 2 is 1.97 bits per heavy atom. The van der Waals surface area contributed by atoms with E-state index in [1.807, 2.05) is 0 Å². The predicted molar refractivity (Wildman–Crippen MR) is 107 cm³/mol. The highest BCUT2D eigenvalue weighted by Gasteiger charge is 2.17. The number of aryl methyl sites for hydroxylation is 2. The van der Waals surface area contributed by atoms with Crippen LogP contribution < -0.4 is 20.3 Å². The number of nitrogens with zero attached hydrogens (tertiary/aromatic N) is 4. The summed E-state index contributed by atoms with van der Waals surface area (Å²) in [6.07, 6.45) is 1.47. The van der Waals surface area contributed by atoms with Gasteiger partial charge in [-0.25, -0.2) is 4.98 Å². The Balaban J connectivity index is 1.74. The van der Waals surface area contributed by atoms with Crippen molar-refractivity contribution in [3.63, 3.8) is 0 Å². The fourth-order valence-corrected chi connectivity index (χ4v) is 2.89. The van der Waals surface area contributed by atoms with Crippen LogP contribution in [0.4, 0.5) is 0 Å². The van der Waals surface area contributed by atoms with Crippen LogP contribution in [-0.2, 0) is 13.6 Å². The van der Waals surface area contributed by atoms with Gasteiger partial charge in [-0.3, -0.25) is 18.8 Å². The van der Waals surface area contributed by atoms with Crippen LogP contribution in [0.2, 0.25) is 0 Å². The highest BCUT2D eigenvalue weighted by Crippen LogP contribution is 2.32. The molecule has 0 saturated heterocycles. The first-order valence-electron chi connectivity index (χ1n) is 9.00. The monoisotopic (exact) mass is 397 g/mol. The van der Waals surface area contributed by atoms with E-state index in [0.717, 1.165) is 5.56 Å². The topological polar surface area (TPSA) is 100 Å². The largest absolute Gasteiger partial charge is 0.497 e. The Morgan fingerprint density at radius 1 is 1.17 bits per heavy atom. The van der Waals surface area contributed by atoms with Gasteiger partial charge in [0.2, 0.25) is 0 Å². The summed E-state index contributed by atoms with van der Waals surface area (Å²) in [6, 6.07) is 8.53. The number of nitrogens with one attached hydrogen (secondary N) is 1. The number of rotatable bonds is 7. The maximum Gasteiger partial charge on any atom is 0.269 e. The molecule has 0 aliphatic heterocycles. The van der Waals surface area contributed by atoms with E-state index in [-0.39, 0.29) is 18.0 Å². The van der Waals surface area contributed by atoms with Gasteiger partial charge in [0.1, 0.15) is 17.2 Å². The minimum Gasteiger partial charge on any atom is -0.497 e. The molecule has 9 nitrogen and oxygen atoms in total. The zero-order valence-corrected chi connectivity index (χ0v) is 16.8. The van der Waals surface area contributed by atoms with Gasteiger partial charge in [-0.15, -0.1) is 0 Å². The molecule has 0 saturated carbocycles. The normalized spacial score (nSPS) is 10.6. The van der Waals surface area contributed by atoms with E-state index in [1.165, 1.54) is 21.6 Å². The number of methoxy groups -OCH3 is 2. The predicted octanol–water partition coefficient (Wildman–Crippen LogP) is 1.40. The summed E-state index contributed by atoms with van der Waals surface area (Å²) in [5, 5.41) is 7.23. The number of benzene rings is 1. The Hall–Kier alpha value is -3.62. The molecule has 0 aliphatic carbocycles. The molecule has 0 fully saturated rings. The first kappa shape index (κ1) is 20.1. The maximum absolute atomic E-state index is 12.6. The Bertz CT molecular complexity index is 1090. The molecule has 2 heterocycles. The average molecular weight is 397 g/mol. The molecule has 0 aliphatic rings. The highest BCUT2D eigenvalue weighted by molar-refractivity contribution is 5.93. The van der Waals surface area contributed by atoms with Gasteiger partial charge in [0, 0.05) is 37.5 Å². The summed E-state index contributed by atoms with van der Waals surface area (Å²) in [5.74, 6) is 0.998. The van der Waals surface area contributed by atoms with Gasteiger partial charge in [-0.2, -0.15) is 5.10 Å². The molecule has 1 N–H and O–H groups in total. The van der Waals surface area contributed by atoms with E-state index >= 15 is 0 Å². The molecule has 3 aromatic rings. The molecule has 0 bridgehead atoms. The molecule has 152 valence electrons. The van der Waals surface area contributed by atoms with Gasteiger partial charge in [-0.1, -0.05) is 0 Å². The zero-order valence-electron chi connectivity index (χ0n) is 16.8. The van der Waals surface area contributed by atoms with Crippen molar-refractivity contribution in [3.05, 3.63) is 58.4 Å². The van der Waals surface area contributed by atoms with Crippen molar-refractivity contribution in [2.24, 2.45) is 7.05 Å². The lowest BCUT2D eigenvalue weighted by molar-refractivity contribution is 0.0942. The zero-order chi connectivity index (χ0) is 21.0. The second-order valence-corrected chi connectivity index (χ2v) is 6.42. The van der Waals surface area contributed by atoms with Crippen LogP contribution in [-0.4, -0.2) is 46.0 Å². The summed E-state index contributed by atoms with van der Waals surface area (Å²) in [4.78, 5) is 28.6. The fourth-order valence-electron chi connectivity index (χ4n) is 2.89. The van der Waals surface area contributed by atoms with Crippen LogP contribution in [0.25, 0.3) is 11.3 Å². The molecule has 0 spiro atoms. The molecule has 9 heteroatoms. The lowest BCUT2D eigenvalue weighted by atomic mass is 10.1. The van der Waals surface area contributed by atoms with Gasteiger partial charge in [0.05, 0.1) is 26.2 Å². The molecule has 1 aromatic carbocycles. The quantitative estimate of drug-likeness (QED) is 0.647. The molecule has 0 radical (unpaired) electrons. The van der Waals surface area contributed by atoms with Crippen molar-refractivity contribution in [2.45, 2.75) is 13.5 Å². The van der Waals surface area contributed by atoms with E-state index in [1.54, 1.807) is 52.5 Å². The number of hydrogen-bond acceptors (Lipinski definition) is 6. The lowest BCUT2D eigenvalue weighted by Gasteiger charge is -2.08. The third-order valence-electron chi connectivity index (χ3n) is 4.45. The van der Waals surface area contributed by atoms with Crippen molar-refractivity contribution in [1.29, 1.82) is 0 Å². The standard InChI is InChI=1S/C20H23N5O4/c1-13-9-19(26)25(12-22-13)8-7-21-20(27)17-11-16(23-24(17)2)15-10-14(28-3)5-6-18(15)29-4/h5-6,9-12H,7-8H2,1-4H3,(H,21,27). The summed E-state index contributed by atoms with van der Waals surface area (Å²) < 4.78 is 13.6. The van der Waals surface area contributed by atoms with Gasteiger partial charge in [0.15, 0.2) is 0 Å². The minimum atomic E-state index is -0.291. The van der Waals surface area contributed by atoms with Gasteiger partial charge >= 0.3 is 0 Å². The number of ether oxygens (including phenoxy) is 2. The molecule has 3 rings (SSSR count). The van der Waals surface area contributed by atoms with Crippen LogP contribution >= 0.6 is 0 Å². The SMILES string of the molecule is COc1ccc(OC)c(-c2cc(C(=O)NCCn3cnc(C)cc3=O)n(C)n2)c1. The molecule has 29 heavy (non-hydrogen) atoms. The minimum absolute atomic E-state index is 0.153. The summed E-state index contributed by atoms with van der Waals surface area (Å²) in [5.41, 5.74) is 2.20. The van der Waals surface area contributed by atoms with Crippen molar-refractivity contribution < 1.29 is 14.3 Å². The van der Waals surface area contributed by atoms with E-state index in [9.17, 15) is 9.59 Å². The number of carbonyl (C=O) groups excluding carboxylic acids is 1. The van der Waals surface area contributed by atoms with Gasteiger partial charge in [-0.05, 0) is 31.2 Å². The Kier molecular flexibility index (Phi) is 5.96. The molecule has 1 amide bonds. The molecular weight excluding hydrogens is 374 g/mol. The van der Waals surface area contributed by atoms with E-state index in [0.29, 0.717) is 35.1 Å². The summed E-state index contributed by atoms with van der Waals surface area (Å²) in [6.45, 7) is 2.36. The van der Waals surface area contributed by atoms with Crippen molar-refractivity contribution in [1.82, 2.24) is 24.6 Å². The fraction of sp³-hybridized carbons (Fsp3) is 0.300. The van der Waals surface area contributed by atoms with Crippen LogP contribution in [0.5, 0.6) is 11.5 Å². The smallest absolute Gasteiger partial charge is 0.269 e. The van der Waals surface area contributed by atoms with E-state index in [2.05, 4.69) is 15.4 Å². The Morgan fingerprint density at radius 3 is 2.66 bits per heavy atom. The van der Waals surface area contributed by atoms with Gasteiger partial charge in [0.25, 0.3) is 11.5 Å². The summed E-state index contributed by atoms with van der Waals surface area (Å²) >= 11 is 0. The highest BCUT2D eigenvalue weighted by atomic mass is 16.5.